The van der Waals surface area contributed by atoms with Gasteiger partial charge in [-0.1, -0.05) is 30.3 Å². The summed E-state index contributed by atoms with van der Waals surface area (Å²) in [6.07, 6.45) is 0.796. The molecule has 0 N–H and O–H groups in total. The van der Waals surface area contributed by atoms with Gasteiger partial charge in [0, 0.05) is 18.3 Å². The fourth-order valence-electron chi connectivity index (χ4n) is 3.17. The molecule has 3 aromatic rings. The Hall–Kier alpha value is -3.28. The van der Waals surface area contributed by atoms with E-state index in [1.54, 1.807) is 17.0 Å². The third-order valence-electron chi connectivity index (χ3n) is 4.44. The maximum absolute atomic E-state index is 13.4. The Morgan fingerprint density at radius 1 is 1.08 bits per heavy atom. The summed E-state index contributed by atoms with van der Waals surface area (Å²) in [7, 11) is 0. The molecule has 0 radical (unpaired) electrons. The van der Waals surface area contributed by atoms with Crippen LogP contribution >= 0.6 is 0 Å². The number of anilines is 1. The number of nitrogens with zero attached hydrogens (tertiary/aromatic N) is 3. The van der Waals surface area contributed by atoms with Gasteiger partial charge in [-0.05, 0) is 41.8 Å². The summed E-state index contributed by atoms with van der Waals surface area (Å²) in [5, 5.41) is 4.21. The Labute approximate surface area is 149 Å². The molecule has 4 rings (SSSR count). The van der Waals surface area contributed by atoms with Crippen LogP contribution in [-0.4, -0.2) is 22.2 Å². The van der Waals surface area contributed by atoms with E-state index in [0.717, 1.165) is 17.7 Å². The molecule has 6 heteroatoms. The van der Waals surface area contributed by atoms with E-state index in [9.17, 15) is 14.0 Å². The first-order valence-electron chi connectivity index (χ1n) is 8.34. The molecule has 1 aliphatic rings. The molecule has 0 bridgehead atoms. The molecule has 0 saturated heterocycles. The zero-order valence-electron chi connectivity index (χ0n) is 13.9. The number of benzene rings is 2. The summed E-state index contributed by atoms with van der Waals surface area (Å²) >= 11 is 0. The number of carbonyl (C=O) groups excluding carboxylic acids is 1. The predicted octanol–water partition coefficient (Wildman–Crippen LogP) is 2.63. The smallest absolute Gasteiger partial charge is 0.278 e. The van der Waals surface area contributed by atoms with Crippen molar-refractivity contribution in [2.75, 3.05) is 11.4 Å². The number of para-hydroxylation sites is 1. The maximum atomic E-state index is 13.4. The molecule has 1 aliphatic heterocycles. The van der Waals surface area contributed by atoms with Crippen molar-refractivity contribution in [1.82, 2.24) is 9.78 Å². The molecule has 0 spiro atoms. The van der Waals surface area contributed by atoms with Crippen LogP contribution in [0.25, 0.3) is 0 Å². The number of carbonyl (C=O) groups is 1. The Bertz CT molecular complexity index is 1040. The van der Waals surface area contributed by atoms with Crippen molar-refractivity contribution in [2.24, 2.45) is 0 Å². The molecular weight excluding hydrogens is 333 g/mol. The molecule has 130 valence electrons. The number of hydrogen-bond acceptors (Lipinski definition) is 3. The Balaban J connectivity index is 1.64. The van der Waals surface area contributed by atoms with E-state index in [-0.39, 0.29) is 29.5 Å². The number of halogens is 1. The van der Waals surface area contributed by atoms with Crippen molar-refractivity contribution in [1.29, 1.82) is 0 Å². The van der Waals surface area contributed by atoms with Crippen molar-refractivity contribution in [3.8, 4) is 0 Å². The Kier molecular flexibility index (Phi) is 4.08. The molecule has 0 unspecified atom stereocenters. The van der Waals surface area contributed by atoms with Crippen molar-refractivity contribution < 1.29 is 9.18 Å². The lowest BCUT2D eigenvalue weighted by atomic mass is 10.2. The molecule has 1 amide bonds. The van der Waals surface area contributed by atoms with Crippen molar-refractivity contribution in [3.63, 3.8) is 0 Å². The Morgan fingerprint density at radius 3 is 2.77 bits per heavy atom. The van der Waals surface area contributed by atoms with Crippen molar-refractivity contribution >= 4 is 11.6 Å². The van der Waals surface area contributed by atoms with Gasteiger partial charge >= 0.3 is 0 Å². The number of amides is 1. The fraction of sp³-hybridized carbons (Fsp3) is 0.150. The van der Waals surface area contributed by atoms with Crippen LogP contribution in [0.5, 0.6) is 0 Å². The highest BCUT2D eigenvalue weighted by Crippen LogP contribution is 2.28. The van der Waals surface area contributed by atoms with Crippen LogP contribution in [0.1, 0.15) is 21.6 Å². The zero-order valence-corrected chi connectivity index (χ0v) is 13.9. The lowest BCUT2D eigenvalue weighted by Crippen LogP contribution is -2.32. The molecule has 5 nitrogen and oxygen atoms in total. The molecule has 1 aromatic heterocycles. The van der Waals surface area contributed by atoms with Gasteiger partial charge in [0.25, 0.3) is 11.5 Å². The highest BCUT2D eigenvalue weighted by atomic mass is 19.1. The van der Waals surface area contributed by atoms with Crippen LogP contribution in [0.3, 0.4) is 0 Å². The quantitative estimate of drug-likeness (QED) is 0.730. The molecule has 0 saturated carbocycles. The molecule has 2 heterocycles. The highest BCUT2D eigenvalue weighted by molar-refractivity contribution is 6.05. The third-order valence-corrected chi connectivity index (χ3v) is 4.44. The van der Waals surface area contributed by atoms with Gasteiger partial charge in [-0.15, -0.1) is 0 Å². The first-order chi connectivity index (χ1) is 12.6. The summed E-state index contributed by atoms with van der Waals surface area (Å²) in [6.45, 7) is 0.692. The van der Waals surface area contributed by atoms with Crippen LogP contribution in [-0.2, 0) is 13.0 Å². The summed E-state index contributed by atoms with van der Waals surface area (Å²) in [5.41, 5.74) is 2.46. The number of fused-ring (bicyclic) bond motifs is 1. The molecule has 26 heavy (non-hydrogen) atoms. The summed E-state index contributed by atoms with van der Waals surface area (Å²) < 4.78 is 14.5. The zero-order chi connectivity index (χ0) is 18.1. The first kappa shape index (κ1) is 16.2. The van der Waals surface area contributed by atoms with Crippen molar-refractivity contribution in [2.45, 2.75) is 13.0 Å². The lowest BCUT2D eigenvalue weighted by Gasteiger charge is -2.17. The van der Waals surface area contributed by atoms with E-state index in [4.69, 9.17) is 0 Å². The maximum Gasteiger partial charge on any atom is 0.278 e. The van der Waals surface area contributed by atoms with Crippen LogP contribution in [0, 0.1) is 5.82 Å². The second-order valence-corrected chi connectivity index (χ2v) is 6.18. The molecule has 2 aromatic carbocycles. The SMILES string of the molecule is O=C(c1ccc(=O)n(Cc2cccc(F)c2)n1)N1CCc2ccccc21. The minimum atomic E-state index is -0.378. The second kappa shape index (κ2) is 6.55. The molecule has 0 aliphatic carbocycles. The van der Waals surface area contributed by atoms with E-state index in [1.165, 1.54) is 28.9 Å². The van der Waals surface area contributed by atoms with E-state index < -0.39 is 0 Å². The highest BCUT2D eigenvalue weighted by Gasteiger charge is 2.26. The summed E-state index contributed by atoms with van der Waals surface area (Å²) in [5.74, 6) is -0.626. The lowest BCUT2D eigenvalue weighted by molar-refractivity contribution is 0.0982. The van der Waals surface area contributed by atoms with Gasteiger partial charge < -0.3 is 4.90 Å². The van der Waals surface area contributed by atoms with Crippen LogP contribution in [0.2, 0.25) is 0 Å². The summed E-state index contributed by atoms with van der Waals surface area (Å²) in [6, 6.07) is 16.5. The van der Waals surface area contributed by atoms with Gasteiger partial charge in [-0.25, -0.2) is 9.07 Å². The van der Waals surface area contributed by atoms with Crippen LogP contribution in [0.15, 0.2) is 65.5 Å². The predicted molar refractivity (Wildman–Crippen MR) is 95.8 cm³/mol. The van der Waals surface area contributed by atoms with Crippen molar-refractivity contribution in [3.05, 3.63) is 93.7 Å². The van der Waals surface area contributed by atoms with E-state index in [2.05, 4.69) is 5.10 Å². The normalized spacial score (nSPS) is 12.9. The topological polar surface area (TPSA) is 55.2 Å². The van der Waals surface area contributed by atoms with Gasteiger partial charge in [0.1, 0.15) is 11.5 Å². The average Bonchev–Trinajstić information content (AvgIpc) is 3.07. The monoisotopic (exact) mass is 349 g/mol. The standard InChI is InChI=1S/C20H16FN3O2/c21-16-6-3-4-14(12-16)13-24-19(25)9-8-17(22-24)20(26)23-11-10-15-5-1-2-7-18(15)23/h1-9,12H,10-11,13H2. The van der Waals surface area contributed by atoms with Gasteiger partial charge in [-0.2, -0.15) is 5.10 Å². The minimum absolute atomic E-state index is 0.105. The Morgan fingerprint density at radius 2 is 1.92 bits per heavy atom. The number of hydrogen-bond donors (Lipinski definition) is 0. The van der Waals surface area contributed by atoms with Gasteiger partial charge in [-0.3, -0.25) is 9.59 Å². The van der Waals surface area contributed by atoms with Gasteiger partial charge in [0.2, 0.25) is 0 Å². The molecule has 0 fully saturated rings. The molecular formula is C20H16FN3O2. The minimum Gasteiger partial charge on any atom is -0.306 e. The second-order valence-electron chi connectivity index (χ2n) is 6.18. The first-order valence-corrected chi connectivity index (χ1v) is 8.34. The van der Waals surface area contributed by atoms with Gasteiger partial charge in [0.05, 0.1) is 6.54 Å². The average molecular weight is 349 g/mol. The van der Waals surface area contributed by atoms with E-state index >= 15 is 0 Å². The van der Waals surface area contributed by atoms with E-state index in [0.29, 0.717) is 12.1 Å². The largest absolute Gasteiger partial charge is 0.306 e. The van der Waals surface area contributed by atoms with Crippen LogP contribution in [0.4, 0.5) is 10.1 Å². The van der Waals surface area contributed by atoms with Gasteiger partial charge in [0.15, 0.2) is 0 Å². The fourth-order valence-corrected chi connectivity index (χ4v) is 3.17. The van der Waals surface area contributed by atoms with E-state index in [1.807, 2.05) is 24.3 Å². The number of rotatable bonds is 3. The molecule has 0 atom stereocenters. The van der Waals surface area contributed by atoms with Crippen LogP contribution < -0.4 is 10.5 Å². The summed E-state index contributed by atoms with van der Waals surface area (Å²) in [4.78, 5) is 26.6. The third kappa shape index (κ3) is 3.01. The number of aromatic nitrogens is 2.